The summed E-state index contributed by atoms with van der Waals surface area (Å²) in [4.78, 5) is 24.7. The van der Waals surface area contributed by atoms with E-state index in [0.717, 1.165) is 28.8 Å². The molecule has 1 fully saturated rings. The topological polar surface area (TPSA) is 103 Å². The molecule has 0 radical (unpaired) electrons. The molecule has 3 heterocycles. The van der Waals surface area contributed by atoms with Crippen LogP contribution >= 0.6 is 11.3 Å². The zero-order valence-electron chi connectivity index (χ0n) is 18.8. The van der Waals surface area contributed by atoms with Crippen molar-refractivity contribution >= 4 is 23.1 Å². The van der Waals surface area contributed by atoms with Crippen molar-refractivity contribution < 1.29 is 9.53 Å². The number of benzene rings is 1. The molecular weight excluding hydrogens is 434 g/mol. The van der Waals surface area contributed by atoms with Gasteiger partial charge in [0.1, 0.15) is 5.84 Å². The van der Waals surface area contributed by atoms with E-state index in [2.05, 4.69) is 34.4 Å². The number of carbonyl (C=O) groups is 1. The fourth-order valence-corrected chi connectivity index (χ4v) is 5.59. The van der Waals surface area contributed by atoms with Crippen LogP contribution in [-0.4, -0.2) is 40.8 Å². The Morgan fingerprint density at radius 2 is 2.03 bits per heavy atom. The lowest BCUT2D eigenvalue weighted by Gasteiger charge is -2.40. The zero-order chi connectivity index (χ0) is 23.6. The fourth-order valence-electron chi connectivity index (χ4n) is 4.45. The normalized spacial score (nSPS) is 21.3. The minimum absolute atomic E-state index is 0.141. The van der Waals surface area contributed by atoms with Gasteiger partial charge in [-0.3, -0.25) is 10.2 Å². The predicted octanol–water partition coefficient (Wildman–Crippen LogP) is 4.75. The molecule has 1 saturated heterocycles. The van der Waals surface area contributed by atoms with Crippen molar-refractivity contribution in [2.24, 2.45) is 0 Å². The number of methoxy groups -OCH3 is 1. The summed E-state index contributed by atoms with van der Waals surface area (Å²) < 4.78 is 5.10. The maximum atomic E-state index is 13.7. The Morgan fingerprint density at radius 1 is 1.27 bits per heavy atom. The minimum Gasteiger partial charge on any atom is -0.467 e. The molecule has 0 aliphatic carbocycles. The van der Waals surface area contributed by atoms with E-state index < -0.39 is 11.3 Å². The summed E-state index contributed by atoms with van der Waals surface area (Å²) in [5.74, 6) is -0.370. The van der Waals surface area contributed by atoms with E-state index in [-0.39, 0.29) is 11.9 Å². The van der Waals surface area contributed by atoms with E-state index in [9.17, 15) is 10.1 Å². The fraction of sp³-hybridized carbons (Fsp3) is 0.320. The Labute approximate surface area is 197 Å². The summed E-state index contributed by atoms with van der Waals surface area (Å²) in [6, 6.07) is 12.1. The first kappa shape index (κ1) is 22.6. The predicted molar refractivity (Wildman–Crippen MR) is 127 cm³/mol. The van der Waals surface area contributed by atoms with E-state index in [4.69, 9.17) is 10.1 Å². The van der Waals surface area contributed by atoms with E-state index >= 15 is 0 Å². The van der Waals surface area contributed by atoms with E-state index in [1.807, 2.05) is 18.2 Å². The van der Waals surface area contributed by atoms with Gasteiger partial charge in [-0.25, -0.2) is 9.97 Å². The third-order valence-corrected chi connectivity index (χ3v) is 7.59. The van der Waals surface area contributed by atoms with Crippen LogP contribution in [0.3, 0.4) is 0 Å². The first-order valence-corrected chi connectivity index (χ1v) is 11.6. The molecule has 2 atom stereocenters. The molecule has 33 heavy (non-hydrogen) atoms. The number of nitrogens with zero attached hydrogens (tertiary/aromatic N) is 4. The van der Waals surface area contributed by atoms with Crippen molar-refractivity contribution in [3.8, 4) is 23.2 Å². The van der Waals surface area contributed by atoms with Crippen LogP contribution in [0, 0.1) is 16.7 Å². The van der Waals surface area contributed by atoms with Gasteiger partial charge in [0, 0.05) is 41.7 Å². The number of carbonyl (C=O) groups excluding carboxylic acids is 1. The number of nitrogens with one attached hydrogen (secondary N) is 1. The average molecular weight is 460 g/mol. The van der Waals surface area contributed by atoms with Crippen molar-refractivity contribution in [2.45, 2.75) is 37.5 Å². The van der Waals surface area contributed by atoms with Gasteiger partial charge in [-0.2, -0.15) is 5.26 Å². The second-order valence-corrected chi connectivity index (χ2v) is 9.35. The Morgan fingerprint density at radius 3 is 2.73 bits per heavy atom. The van der Waals surface area contributed by atoms with Gasteiger partial charge in [0.2, 0.25) is 5.91 Å². The lowest BCUT2D eigenvalue weighted by molar-refractivity contribution is -0.130. The molecule has 8 heteroatoms. The van der Waals surface area contributed by atoms with Gasteiger partial charge < -0.3 is 9.64 Å². The molecule has 1 amide bonds. The summed E-state index contributed by atoms with van der Waals surface area (Å²) >= 11 is 1.62. The number of hydrogen-bond donors (Lipinski definition) is 1. The van der Waals surface area contributed by atoms with Crippen LogP contribution in [0.25, 0.3) is 11.1 Å². The van der Waals surface area contributed by atoms with Gasteiger partial charge >= 0.3 is 6.01 Å². The van der Waals surface area contributed by atoms with Crippen LogP contribution in [0.1, 0.15) is 48.1 Å². The molecule has 168 valence electrons. The third kappa shape index (κ3) is 4.24. The number of thiophene rings is 1. The zero-order valence-corrected chi connectivity index (χ0v) is 19.6. The quantitative estimate of drug-likeness (QED) is 0.607. The lowest BCUT2D eigenvalue weighted by Crippen LogP contribution is -2.46. The van der Waals surface area contributed by atoms with Crippen molar-refractivity contribution in [3.05, 3.63) is 64.1 Å². The second kappa shape index (κ2) is 9.12. The number of likely N-dealkylation sites (N-methyl/N-ethyl adjacent to an activating group) is 1. The van der Waals surface area contributed by atoms with Crippen molar-refractivity contribution in [2.75, 3.05) is 14.2 Å². The van der Waals surface area contributed by atoms with Crippen molar-refractivity contribution in [3.63, 3.8) is 0 Å². The number of amidine groups is 1. The summed E-state index contributed by atoms with van der Waals surface area (Å²) in [6.45, 7) is 2.11. The smallest absolute Gasteiger partial charge is 0.316 e. The SMILES string of the molecule is COc1ncc(C2C(=O)N(C)C(=N)CCC[C@]2(C)c2cc(-c3cccc(C#N)c3)cs2)cn1. The van der Waals surface area contributed by atoms with Crippen molar-refractivity contribution in [1.82, 2.24) is 14.9 Å². The first-order chi connectivity index (χ1) is 15.9. The molecule has 2 aromatic heterocycles. The number of hydrogen-bond acceptors (Lipinski definition) is 7. The van der Waals surface area contributed by atoms with Crippen molar-refractivity contribution in [1.29, 1.82) is 10.7 Å². The molecule has 7 nitrogen and oxygen atoms in total. The maximum absolute atomic E-state index is 13.7. The molecule has 0 spiro atoms. The first-order valence-electron chi connectivity index (χ1n) is 10.7. The standard InChI is InChI=1S/C25H25N5O2S/c1-25(20-11-18(15-33-20)17-7-4-6-16(10-17)12-26)9-5-8-21(27)30(2)23(31)22(25)19-13-28-24(32-3)29-14-19/h4,6-7,10-11,13-15,22,27H,5,8-9H2,1-3H3/t22?,25-/m1/s1. The molecule has 1 aromatic carbocycles. The molecule has 1 aliphatic heterocycles. The molecule has 1 unspecified atom stereocenters. The Kier molecular flexibility index (Phi) is 6.25. The number of likely N-dealkylation sites (tertiary alicyclic amines) is 1. The summed E-state index contributed by atoms with van der Waals surface area (Å²) in [6.07, 6.45) is 5.38. The van der Waals surface area contributed by atoms with Crippen LogP contribution in [0.15, 0.2) is 48.1 Å². The third-order valence-electron chi connectivity index (χ3n) is 6.38. The highest BCUT2D eigenvalue weighted by atomic mass is 32.1. The van der Waals surface area contributed by atoms with Crippen LogP contribution in [-0.2, 0) is 10.2 Å². The van der Waals surface area contributed by atoms with Gasteiger partial charge in [0.15, 0.2) is 0 Å². The average Bonchev–Trinajstić information content (AvgIpc) is 3.34. The minimum atomic E-state index is -0.550. The highest BCUT2D eigenvalue weighted by Crippen LogP contribution is 2.48. The molecule has 0 saturated carbocycles. The molecular formula is C25H25N5O2S. The number of rotatable bonds is 4. The highest BCUT2D eigenvalue weighted by Gasteiger charge is 2.45. The monoisotopic (exact) mass is 459 g/mol. The lowest BCUT2D eigenvalue weighted by atomic mass is 9.68. The molecule has 3 aromatic rings. The van der Waals surface area contributed by atoms with Crippen LogP contribution in [0.2, 0.25) is 0 Å². The summed E-state index contributed by atoms with van der Waals surface area (Å²) in [7, 11) is 3.17. The highest BCUT2D eigenvalue weighted by molar-refractivity contribution is 7.10. The van der Waals surface area contributed by atoms with Gasteiger partial charge in [-0.15, -0.1) is 11.3 Å². The number of ether oxygens (including phenoxy) is 1. The molecule has 4 rings (SSSR count). The summed E-state index contributed by atoms with van der Waals surface area (Å²) in [5, 5.41) is 19.6. The molecule has 1 N–H and O–H groups in total. The number of aromatic nitrogens is 2. The molecule has 1 aliphatic rings. The second-order valence-electron chi connectivity index (χ2n) is 8.44. The van der Waals surface area contributed by atoms with Gasteiger partial charge in [-0.1, -0.05) is 19.1 Å². The van der Waals surface area contributed by atoms with E-state index in [1.165, 1.54) is 12.0 Å². The Hall–Kier alpha value is -3.57. The maximum Gasteiger partial charge on any atom is 0.316 e. The Balaban J connectivity index is 1.81. The van der Waals surface area contributed by atoms with Crippen LogP contribution in [0.4, 0.5) is 0 Å². The number of nitriles is 1. The van der Waals surface area contributed by atoms with Gasteiger partial charge in [0.25, 0.3) is 0 Å². The van der Waals surface area contributed by atoms with Crippen LogP contribution in [0.5, 0.6) is 6.01 Å². The van der Waals surface area contributed by atoms with E-state index in [0.29, 0.717) is 23.4 Å². The number of amides is 1. The van der Waals surface area contributed by atoms with Gasteiger partial charge in [0.05, 0.1) is 24.7 Å². The Bertz CT molecular complexity index is 1230. The largest absolute Gasteiger partial charge is 0.467 e. The molecule has 0 bridgehead atoms. The van der Waals surface area contributed by atoms with Crippen LogP contribution < -0.4 is 4.74 Å². The van der Waals surface area contributed by atoms with Gasteiger partial charge in [-0.05, 0) is 47.5 Å². The summed E-state index contributed by atoms with van der Waals surface area (Å²) in [5.41, 5.74) is 2.79. The van der Waals surface area contributed by atoms with E-state index in [1.54, 1.807) is 36.8 Å².